The van der Waals surface area contributed by atoms with Crippen LogP contribution in [0.3, 0.4) is 0 Å². The van der Waals surface area contributed by atoms with Crippen molar-refractivity contribution in [2.45, 2.75) is 13.8 Å². The van der Waals surface area contributed by atoms with Crippen molar-refractivity contribution in [1.29, 1.82) is 0 Å². The van der Waals surface area contributed by atoms with Gasteiger partial charge in [-0.3, -0.25) is 4.79 Å². The summed E-state index contributed by atoms with van der Waals surface area (Å²) in [6.07, 6.45) is 3.26. The molecule has 1 aromatic heterocycles. The Kier molecular flexibility index (Phi) is 5.87. The summed E-state index contributed by atoms with van der Waals surface area (Å²) in [7, 11) is 3.78. The Balaban J connectivity index is 2.14. The molecule has 1 heterocycles. The van der Waals surface area contributed by atoms with Gasteiger partial charge in [-0.15, -0.1) is 0 Å². The molecule has 0 unspecified atom stereocenters. The molecule has 0 bridgehead atoms. The minimum absolute atomic E-state index is 0.0140. The predicted molar refractivity (Wildman–Crippen MR) is 97.4 cm³/mol. The van der Waals surface area contributed by atoms with Crippen LogP contribution in [0.4, 0.5) is 10.8 Å². The second-order valence-electron chi connectivity index (χ2n) is 5.26. The second-order valence-corrected chi connectivity index (χ2v) is 6.27. The molecule has 23 heavy (non-hydrogen) atoms. The predicted octanol–water partition coefficient (Wildman–Crippen LogP) is 3.44. The maximum Gasteiger partial charge on any atom is 0.211 e. The number of aliphatic imine (C=N–C) groups is 1. The van der Waals surface area contributed by atoms with E-state index in [2.05, 4.69) is 28.7 Å². The van der Waals surface area contributed by atoms with Gasteiger partial charge in [-0.2, -0.15) is 0 Å². The molecule has 1 aromatic carbocycles. The summed E-state index contributed by atoms with van der Waals surface area (Å²) in [5.41, 5.74) is 1.81. The molecule has 0 saturated carbocycles. The molecular weight excluding hydrogens is 308 g/mol. The van der Waals surface area contributed by atoms with Gasteiger partial charge >= 0.3 is 0 Å². The average Bonchev–Trinajstić information content (AvgIpc) is 3.03. The number of hydrogen-bond donors (Lipinski definition) is 0. The first-order chi connectivity index (χ1) is 11.0. The molecule has 0 amide bonds. The third-order valence-electron chi connectivity index (χ3n) is 3.37. The van der Waals surface area contributed by atoms with E-state index in [4.69, 9.17) is 0 Å². The fourth-order valence-corrected chi connectivity index (χ4v) is 2.87. The lowest BCUT2D eigenvalue weighted by Crippen LogP contribution is -2.21. The largest absolute Gasteiger partial charge is 0.372 e. The van der Waals surface area contributed by atoms with E-state index in [0.717, 1.165) is 18.8 Å². The fourth-order valence-electron chi connectivity index (χ4n) is 2.15. The molecular formula is C17H22N4OS. The standard InChI is InChI=1S/C17H22N4OS/c1-5-21(6-2)14-9-7-13(8-10-14)16(22)15-11-18-17(23-15)19-12-20(3)4/h7-12H,5-6H2,1-4H3. The van der Waals surface area contributed by atoms with Gasteiger partial charge in [-0.1, -0.05) is 11.3 Å². The van der Waals surface area contributed by atoms with E-state index in [1.54, 1.807) is 12.5 Å². The van der Waals surface area contributed by atoms with Gasteiger partial charge in [0.1, 0.15) is 0 Å². The topological polar surface area (TPSA) is 48.8 Å². The zero-order chi connectivity index (χ0) is 16.8. The van der Waals surface area contributed by atoms with Gasteiger partial charge in [0.05, 0.1) is 17.4 Å². The van der Waals surface area contributed by atoms with Gasteiger partial charge in [-0.25, -0.2) is 9.98 Å². The Labute approximate surface area is 141 Å². The summed E-state index contributed by atoms with van der Waals surface area (Å²) in [6.45, 7) is 6.14. The van der Waals surface area contributed by atoms with Crippen molar-refractivity contribution in [3.05, 3.63) is 40.9 Å². The number of aromatic nitrogens is 1. The number of carbonyl (C=O) groups excluding carboxylic acids is 1. The Bertz CT molecular complexity index is 672. The number of anilines is 1. The van der Waals surface area contributed by atoms with E-state index < -0.39 is 0 Å². The van der Waals surface area contributed by atoms with Crippen molar-refractivity contribution in [2.75, 3.05) is 32.1 Å². The highest BCUT2D eigenvalue weighted by atomic mass is 32.1. The van der Waals surface area contributed by atoms with Crippen LogP contribution in [0.25, 0.3) is 0 Å². The molecule has 2 rings (SSSR count). The summed E-state index contributed by atoms with van der Waals surface area (Å²) >= 11 is 1.30. The summed E-state index contributed by atoms with van der Waals surface area (Å²) in [4.78, 5) is 25.6. The SMILES string of the molecule is CCN(CC)c1ccc(C(=O)c2cnc(N=CN(C)C)s2)cc1. The quantitative estimate of drug-likeness (QED) is 0.443. The van der Waals surface area contributed by atoms with Gasteiger partial charge in [0, 0.05) is 38.4 Å². The summed E-state index contributed by atoms with van der Waals surface area (Å²) in [5.74, 6) is -0.0140. The maximum absolute atomic E-state index is 12.5. The Morgan fingerprint density at radius 2 is 1.87 bits per heavy atom. The monoisotopic (exact) mass is 330 g/mol. The molecule has 2 aromatic rings. The normalized spacial score (nSPS) is 11.0. The first-order valence-electron chi connectivity index (χ1n) is 7.61. The molecule has 0 fully saturated rings. The smallest absolute Gasteiger partial charge is 0.211 e. The van der Waals surface area contributed by atoms with Gasteiger partial charge < -0.3 is 9.80 Å². The first kappa shape index (κ1) is 17.1. The van der Waals surface area contributed by atoms with E-state index in [1.165, 1.54) is 11.3 Å². The van der Waals surface area contributed by atoms with Gasteiger partial charge in [0.15, 0.2) is 0 Å². The van der Waals surface area contributed by atoms with E-state index in [1.807, 2.05) is 43.3 Å². The molecule has 6 heteroatoms. The number of nitrogens with zero attached hydrogens (tertiary/aromatic N) is 4. The molecule has 0 radical (unpaired) electrons. The molecule has 0 N–H and O–H groups in total. The van der Waals surface area contributed by atoms with Crippen molar-refractivity contribution in [3.63, 3.8) is 0 Å². The first-order valence-corrected chi connectivity index (χ1v) is 8.43. The van der Waals surface area contributed by atoms with Crippen molar-refractivity contribution in [3.8, 4) is 0 Å². The lowest BCUT2D eigenvalue weighted by molar-refractivity contribution is 0.104. The van der Waals surface area contributed by atoms with Crippen LogP contribution in [0.5, 0.6) is 0 Å². The van der Waals surface area contributed by atoms with Crippen molar-refractivity contribution < 1.29 is 4.79 Å². The fraction of sp³-hybridized carbons (Fsp3) is 0.353. The number of carbonyl (C=O) groups is 1. The van der Waals surface area contributed by atoms with Gasteiger partial charge in [-0.05, 0) is 38.1 Å². The van der Waals surface area contributed by atoms with E-state index in [-0.39, 0.29) is 5.78 Å². The van der Waals surface area contributed by atoms with Crippen LogP contribution >= 0.6 is 11.3 Å². The van der Waals surface area contributed by atoms with E-state index in [0.29, 0.717) is 15.6 Å². The zero-order valence-electron chi connectivity index (χ0n) is 14.0. The van der Waals surface area contributed by atoms with Gasteiger partial charge in [0.2, 0.25) is 10.9 Å². The van der Waals surface area contributed by atoms with E-state index in [9.17, 15) is 4.79 Å². The van der Waals surface area contributed by atoms with Crippen LogP contribution in [-0.4, -0.2) is 49.2 Å². The molecule has 122 valence electrons. The second kappa shape index (κ2) is 7.87. The molecule has 0 aliphatic carbocycles. The highest BCUT2D eigenvalue weighted by molar-refractivity contribution is 7.17. The third kappa shape index (κ3) is 4.39. The van der Waals surface area contributed by atoms with Crippen LogP contribution in [0, 0.1) is 0 Å². The Hall–Kier alpha value is -2.21. The van der Waals surface area contributed by atoms with Crippen molar-refractivity contribution >= 4 is 34.3 Å². The lowest BCUT2D eigenvalue weighted by Gasteiger charge is -2.20. The van der Waals surface area contributed by atoms with Crippen molar-refractivity contribution in [1.82, 2.24) is 9.88 Å². The minimum Gasteiger partial charge on any atom is -0.372 e. The van der Waals surface area contributed by atoms with Crippen LogP contribution in [0.1, 0.15) is 29.1 Å². The minimum atomic E-state index is -0.0140. The number of thiazole rings is 1. The molecule has 0 aliphatic rings. The molecule has 0 spiro atoms. The molecule has 5 nitrogen and oxygen atoms in total. The molecule has 0 aliphatic heterocycles. The average molecular weight is 330 g/mol. The van der Waals surface area contributed by atoms with Crippen LogP contribution in [-0.2, 0) is 0 Å². The van der Waals surface area contributed by atoms with Crippen molar-refractivity contribution in [2.24, 2.45) is 4.99 Å². The van der Waals surface area contributed by atoms with Crippen LogP contribution in [0.2, 0.25) is 0 Å². The molecule has 0 saturated heterocycles. The Morgan fingerprint density at radius 1 is 1.22 bits per heavy atom. The van der Waals surface area contributed by atoms with Crippen LogP contribution < -0.4 is 4.90 Å². The maximum atomic E-state index is 12.5. The number of benzene rings is 1. The lowest BCUT2D eigenvalue weighted by atomic mass is 10.1. The third-order valence-corrected chi connectivity index (χ3v) is 4.28. The number of hydrogen-bond acceptors (Lipinski definition) is 5. The molecule has 0 atom stereocenters. The Morgan fingerprint density at radius 3 is 2.43 bits per heavy atom. The summed E-state index contributed by atoms with van der Waals surface area (Å²) in [5, 5.41) is 0.585. The summed E-state index contributed by atoms with van der Waals surface area (Å²) < 4.78 is 0. The number of ketones is 1. The van der Waals surface area contributed by atoms with E-state index >= 15 is 0 Å². The highest BCUT2D eigenvalue weighted by Gasteiger charge is 2.13. The number of rotatable bonds is 7. The summed E-state index contributed by atoms with van der Waals surface area (Å²) in [6, 6.07) is 7.73. The highest BCUT2D eigenvalue weighted by Crippen LogP contribution is 2.24. The zero-order valence-corrected chi connectivity index (χ0v) is 14.8. The van der Waals surface area contributed by atoms with Gasteiger partial charge in [0.25, 0.3) is 0 Å². The van der Waals surface area contributed by atoms with Crippen LogP contribution in [0.15, 0.2) is 35.5 Å².